The van der Waals surface area contributed by atoms with E-state index in [1.54, 1.807) is 0 Å². The lowest BCUT2D eigenvalue weighted by Crippen LogP contribution is -2.28. The molecule has 2 saturated carbocycles. The topological polar surface area (TPSA) is 3.24 Å². The summed E-state index contributed by atoms with van der Waals surface area (Å²) < 4.78 is 0. The predicted molar refractivity (Wildman–Crippen MR) is 260 cm³/mol. The number of hydrogen-bond acceptors (Lipinski definition) is 1. The lowest BCUT2D eigenvalue weighted by molar-refractivity contribution is 0.420. The Morgan fingerprint density at radius 2 is 1.06 bits per heavy atom. The van der Waals surface area contributed by atoms with Gasteiger partial charge in [0.1, 0.15) is 0 Å². The van der Waals surface area contributed by atoms with Crippen molar-refractivity contribution in [2.75, 3.05) is 4.90 Å². The van der Waals surface area contributed by atoms with E-state index in [-0.39, 0.29) is 0 Å². The highest BCUT2D eigenvalue weighted by atomic mass is 15.1. The standard InChI is InChI=1S/C61H49N/c1-41-14-13-23-57-60(41)54-35-34-53(40-58(54)61(57,50-19-7-3-8-20-50)51-21-9-4-10-22-51)62(59-39-48-18-12-11-17-47(48)38-56(59)45-15-5-2-6-16-45)52-32-30-44(31-33-52)43-26-28-46(29-27-43)55-37-42-24-25-49(55)36-42/h2-23,26-35,38-40,42,49,55H,24-25,36-37H2,1H3. The third kappa shape index (κ3) is 5.90. The molecule has 2 bridgehead atoms. The molecule has 0 spiro atoms. The van der Waals surface area contributed by atoms with Gasteiger partial charge in [-0.3, -0.25) is 0 Å². The van der Waals surface area contributed by atoms with Crippen LogP contribution in [0, 0.1) is 18.8 Å². The first-order valence-electron chi connectivity index (χ1n) is 22.6. The summed E-state index contributed by atoms with van der Waals surface area (Å²) in [4.78, 5) is 2.51. The Morgan fingerprint density at radius 1 is 0.452 bits per heavy atom. The van der Waals surface area contributed by atoms with Crippen molar-refractivity contribution in [3.8, 4) is 33.4 Å². The minimum Gasteiger partial charge on any atom is -0.310 e. The van der Waals surface area contributed by atoms with Crippen LogP contribution < -0.4 is 4.90 Å². The molecule has 0 amide bonds. The van der Waals surface area contributed by atoms with Crippen molar-refractivity contribution in [1.29, 1.82) is 0 Å². The number of anilines is 3. The average Bonchev–Trinajstić information content (AvgIpc) is 4.06. The Hall–Kier alpha value is -6.96. The van der Waals surface area contributed by atoms with Crippen LogP contribution in [0.3, 0.4) is 0 Å². The Morgan fingerprint density at radius 3 is 1.71 bits per heavy atom. The normalized spacial score (nSPS) is 18.1. The molecule has 1 nitrogen and oxygen atoms in total. The van der Waals surface area contributed by atoms with E-state index in [4.69, 9.17) is 0 Å². The van der Waals surface area contributed by atoms with Crippen LogP contribution in [0.2, 0.25) is 0 Å². The summed E-state index contributed by atoms with van der Waals surface area (Å²) in [5, 5.41) is 2.44. The molecule has 2 fully saturated rings. The summed E-state index contributed by atoms with van der Waals surface area (Å²) in [6, 6.07) is 79.7. The highest BCUT2D eigenvalue weighted by Gasteiger charge is 2.47. The van der Waals surface area contributed by atoms with E-state index >= 15 is 0 Å². The molecule has 0 radical (unpaired) electrons. The van der Waals surface area contributed by atoms with E-state index < -0.39 is 5.41 Å². The molecule has 3 unspecified atom stereocenters. The number of benzene rings is 9. The van der Waals surface area contributed by atoms with E-state index in [0.717, 1.165) is 34.8 Å². The molecule has 1 heteroatoms. The van der Waals surface area contributed by atoms with Crippen LogP contribution in [-0.2, 0) is 5.41 Å². The van der Waals surface area contributed by atoms with E-state index in [1.807, 2.05) is 0 Å². The molecule has 9 aromatic carbocycles. The highest BCUT2D eigenvalue weighted by molar-refractivity contribution is 5.99. The molecule has 0 aliphatic heterocycles. The van der Waals surface area contributed by atoms with E-state index in [0.29, 0.717) is 0 Å². The smallest absolute Gasteiger partial charge is 0.0714 e. The minimum atomic E-state index is -0.513. The number of aryl methyl sites for hydroxylation is 1. The van der Waals surface area contributed by atoms with Crippen LogP contribution in [0.25, 0.3) is 44.2 Å². The summed E-state index contributed by atoms with van der Waals surface area (Å²) in [5.41, 5.74) is 18.4. The van der Waals surface area contributed by atoms with Gasteiger partial charge >= 0.3 is 0 Å². The molecular formula is C61H49N. The van der Waals surface area contributed by atoms with Gasteiger partial charge in [-0.2, -0.15) is 0 Å². The number of nitrogens with zero attached hydrogens (tertiary/aromatic N) is 1. The molecule has 298 valence electrons. The minimum absolute atomic E-state index is 0.513. The van der Waals surface area contributed by atoms with Gasteiger partial charge in [0.2, 0.25) is 0 Å². The third-order valence-corrected chi connectivity index (χ3v) is 14.8. The zero-order valence-electron chi connectivity index (χ0n) is 35.2. The van der Waals surface area contributed by atoms with Crippen LogP contribution in [0.15, 0.2) is 212 Å². The molecule has 9 aromatic rings. The summed E-state index contributed by atoms with van der Waals surface area (Å²) in [6.07, 6.45) is 5.66. The zero-order chi connectivity index (χ0) is 41.2. The second-order valence-corrected chi connectivity index (χ2v) is 18.1. The first-order valence-corrected chi connectivity index (χ1v) is 22.6. The quantitative estimate of drug-likeness (QED) is 0.148. The first kappa shape index (κ1) is 36.9. The lowest BCUT2D eigenvalue weighted by atomic mass is 9.67. The molecule has 0 N–H and O–H groups in total. The van der Waals surface area contributed by atoms with Crippen LogP contribution in [0.4, 0.5) is 17.1 Å². The predicted octanol–water partition coefficient (Wildman–Crippen LogP) is 16.2. The van der Waals surface area contributed by atoms with Crippen molar-refractivity contribution in [2.45, 2.75) is 43.9 Å². The molecule has 3 aliphatic carbocycles. The van der Waals surface area contributed by atoms with Crippen molar-refractivity contribution >= 4 is 27.8 Å². The van der Waals surface area contributed by atoms with Gasteiger partial charge in [0.15, 0.2) is 0 Å². The fourth-order valence-corrected chi connectivity index (χ4v) is 11.9. The van der Waals surface area contributed by atoms with Crippen LogP contribution in [0.5, 0.6) is 0 Å². The molecular weight excluding hydrogens is 747 g/mol. The van der Waals surface area contributed by atoms with Crippen LogP contribution >= 0.6 is 0 Å². The maximum Gasteiger partial charge on any atom is 0.0714 e. The number of fused-ring (bicyclic) bond motifs is 6. The number of hydrogen-bond donors (Lipinski definition) is 0. The molecule has 0 saturated heterocycles. The molecule has 62 heavy (non-hydrogen) atoms. The average molecular weight is 796 g/mol. The van der Waals surface area contributed by atoms with Crippen molar-refractivity contribution in [1.82, 2.24) is 0 Å². The van der Waals surface area contributed by atoms with E-state index in [2.05, 4.69) is 224 Å². The monoisotopic (exact) mass is 795 g/mol. The molecule has 0 heterocycles. The van der Waals surface area contributed by atoms with Crippen molar-refractivity contribution in [3.63, 3.8) is 0 Å². The van der Waals surface area contributed by atoms with Gasteiger partial charge in [0.05, 0.1) is 11.1 Å². The van der Waals surface area contributed by atoms with Gasteiger partial charge < -0.3 is 4.90 Å². The second-order valence-electron chi connectivity index (χ2n) is 18.1. The van der Waals surface area contributed by atoms with E-state index in [9.17, 15) is 0 Å². The molecule has 12 rings (SSSR count). The lowest BCUT2D eigenvalue weighted by Gasteiger charge is -2.35. The van der Waals surface area contributed by atoms with Gasteiger partial charge in [0.25, 0.3) is 0 Å². The highest BCUT2D eigenvalue weighted by Crippen LogP contribution is 2.58. The van der Waals surface area contributed by atoms with Gasteiger partial charge in [-0.05, 0) is 152 Å². The Kier molecular flexibility index (Phi) is 8.85. The first-order chi connectivity index (χ1) is 30.6. The van der Waals surface area contributed by atoms with E-state index in [1.165, 1.54) is 103 Å². The second kappa shape index (κ2) is 14.9. The van der Waals surface area contributed by atoms with Gasteiger partial charge in [-0.25, -0.2) is 0 Å². The third-order valence-electron chi connectivity index (χ3n) is 14.8. The van der Waals surface area contributed by atoms with Gasteiger partial charge in [-0.15, -0.1) is 0 Å². The Balaban J connectivity index is 1.06. The summed E-state index contributed by atoms with van der Waals surface area (Å²) in [7, 11) is 0. The Bertz CT molecular complexity index is 3040. The Labute approximate surface area is 366 Å². The summed E-state index contributed by atoms with van der Waals surface area (Å²) in [5.74, 6) is 2.57. The van der Waals surface area contributed by atoms with Crippen LogP contribution in [0.1, 0.15) is 65.0 Å². The molecule has 3 aliphatic rings. The summed E-state index contributed by atoms with van der Waals surface area (Å²) >= 11 is 0. The zero-order valence-corrected chi connectivity index (χ0v) is 35.2. The fraction of sp³-hybridized carbons (Fsp3) is 0.148. The maximum absolute atomic E-state index is 2.51. The van der Waals surface area contributed by atoms with Crippen molar-refractivity contribution in [3.05, 3.63) is 246 Å². The SMILES string of the molecule is Cc1cccc2c1-c1ccc(N(c3ccc(-c4ccc(C5CC6CCC5C6)cc4)cc3)c3cc4ccccc4cc3-c3ccccc3)cc1C2(c1ccccc1)c1ccccc1. The largest absolute Gasteiger partial charge is 0.310 e. The van der Waals surface area contributed by atoms with Crippen LogP contribution in [-0.4, -0.2) is 0 Å². The summed E-state index contributed by atoms with van der Waals surface area (Å²) in [6.45, 7) is 2.27. The molecule has 3 atom stereocenters. The number of rotatable bonds is 8. The van der Waals surface area contributed by atoms with Gasteiger partial charge in [-0.1, -0.05) is 182 Å². The van der Waals surface area contributed by atoms with Gasteiger partial charge in [0, 0.05) is 16.9 Å². The van der Waals surface area contributed by atoms with Crippen molar-refractivity contribution < 1.29 is 0 Å². The fourth-order valence-electron chi connectivity index (χ4n) is 11.9. The molecule has 0 aromatic heterocycles. The maximum atomic E-state index is 2.51. The van der Waals surface area contributed by atoms with Crippen molar-refractivity contribution in [2.24, 2.45) is 11.8 Å².